The number of anilines is 1. The molecule has 0 aromatic carbocycles. The van der Waals surface area contributed by atoms with Gasteiger partial charge in [0.1, 0.15) is 23.9 Å². The number of pyridine rings is 1. The number of aliphatic hydroxyl groups excluding tert-OH is 2. The first kappa shape index (κ1) is 21.9. The maximum Gasteiger partial charge on any atom is 0.240 e. The standard InChI is InChI=1S/C21H29N5O4/c1-21(2,13-28)25-18(29)12-26(3)20-15-5-4-6-16(15)23-19(24-20)17-11-14(7-8-22-17)30-10-9-27/h7-8,11,27-28H,4-6,9-10,12-13H2,1-3H3,(H,25,29). The van der Waals surface area contributed by atoms with E-state index >= 15 is 0 Å². The summed E-state index contributed by atoms with van der Waals surface area (Å²) in [6.45, 7) is 3.62. The predicted molar refractivity (Wildman–Crippen MR) is 112 cm³/mol. The highest BCUT2D eigenvalue weighted by Crippen LogP contribution is 2.31. The summed E-state index contributed by atoms with van der Waals surface area (Å²) in [5.74, 6) is 1.58. The molecule has 0 saturated carbocycles. The minimum Gasteiger partial charge on any atom is -0.491 e. The number of aromatic nitrogens is 3. The minimum atomic E-state index is -0.685. The molecule has 0 atom stereocenters. The zero-order valence-corrected chi connectivity index (χ0v) is 17.7. The molecule has 9 heteroatoms. The van der Waals surface area contributed by atoms with Crippen molar-refractivity contribution in [3.8, 4) is 17.3 Å². The molecule has 1 aliphatic carbocycles. The van der Waals surface area contributed by atoms with E-state index in [2.05, 4.69) is 10.3 Å². The number of hydrogen-bond acceptors (Lipinski definition) is 8. The molecule has 162 valence electrons. The van der Waals surface area contributed by atoms with E-state index in [1.807, 2.05) is 11.9 Å². The SMILES string of the molecule is CN(CC(=O)NC(C)(C)CO)c1nc(-c2cc(OCCO)ccn2)nc2c1CCC2. The van der Waals surface area contributed by atoms with Gasteiger partial charge in [0, 0.05) is 30.6 Å². The number of carbonyl (C=O) groups excluding carboxylic acids is 1. The van der Waals surface area contributed by atoms with Gasteiger partial charge in [-0.15, -0.1) is 0 Å². The Morgan fingerprint density at radius 1 is 1.30 bits per heavy atom. The predicted octanol–water partition coefficient (Wildman–Crippen LogP) is 0.722. The van der Waals surface area contributed by atoms with E-state index in [4.69, 9.17) is 19.8 Å². The highest BCUT2D eigenvalue weighted by atomic mass is 16.5. The fraction of sp³-hybridized carbons (Fsp3) is 0.524. The number of nitrogens with zero attached hydrogens (tertiary/aromatic N) is 4. The summed E-state index contributed by atoms with van der Waals surface area (Å²) < 4.78 is 5.47. The van der Waals surface area contributed by atoms with Crippen molar-refractivity contribution in [1.82, 2.24) is 20.3 Å². The molecule has 0 saturated heterocycles. The summed E-state index contributed by atoms with van der Waals surface area (Å²) in [7, 11) is 1.82. The van der Waals surface area contributed by atoms with Crippen LogP contribution in [0.5, 0.6) is 5.75 Å². The number of amides is 1. The first-order valence-corrected chi connectivity index (χ1v) is 10.1. The third kappa shape index (κ3) is 5.22. The molecule has 30 heavy (non-hydrogen) atoms. The van der Waals surface area contributed by atoms with E-state index in [-0.39, 0.29) is 32.3 Å². The average molecular weight is 415 g/mol. The van der Waals surface area contributed by atoms with Crippen LogP contribution in [0.4, 0.5) is 5.82 Å². The first-order valence-electron chi connectivity index (χ1n) is 10.1. The van der Waals surface area contributed by atoms with Gasteiger partial charge in [0.05, 0.1) is 25.3 Å². The van der Waals surface area contributed by atoms with Crippen LogP contribution >= 0.6 is 0 Å². The van der Waals surface area contributed by atoms with Gasteiger partial charge in [-0.25, -0.2) is 9.97 Å². The fourth-order valence-electron chi connectivity index (χ4n) is 3.38. The van der Waals surface area contributed by atoms with Crippen LogP contribution < -0.4 is 15.0 Å². The summed E-state index contributed by atoms with van der Waals surface area (Å²) in [6.07, 6.45) is 4.33. The maximum absolute atomic E-state index is 12.4. The quantitative estimate of drug-likeness (QED) is 0.548. The van der Waals surface area contributed by atoms with Gasteiger partial charge in [0.25, 0.3) is 0 Å². The molecule has 1 aliphatic rings. The molecule has 2 aromatic heterocycles. The largest absolute Gasteiger partial charge is 0.491 e. The van der Waals surface area contributed by atoms with Crippen molar-refractivity contribution in [2.24, 2.45) is 0 Å². The average Bonchev–Trinajstić information content (AvgIpc) is 3.20. The van der Waals surface area contributed by atoms with Crippen molar-refractivity contribution >= 4 is 11.7 Å². The van der Waals surface area contributed by atoms with Crippen molar-refractivity contribution in [2.75, 3.05) is 38.3 Å². The Kier molecular flexibility index (Phi) is 6.84. The molecule has 0 spiro atoms. The van der Waals surface area contributed by atoms with Crippen LogP contribution in [0.25, 0.3) is 11.5 Å². The van der Waals surface area contributed by atoms with Crippen molar-refractivity contribution in [1.29, 1.82) is 0 Å². The van der Waals surface area contributed by atoms with Crippen LogP contribution in [-0.2, 0) is 17.6 Å². The summed E-state index contributed by atoms with van der Waals surface area (Å²) in [6, 6.07) is 3.46. The van der Waals surface area contributed by atoms with Gasteiger partial charge in [0.2, 0.25) is 5.91 Å². The Hall–Kier alpha value is -2.78. The molecule has 2 heterocycles. The molecule has 9 nitrogen and oxygen atoms in total. The van der Waals surface area contributed by atoms with Gasteiger partial charge < -0.3 is 25.2 Å². The number of carbonyl (C=O) groups is 1. The van der Waals surface area contributed by atoms with Crippen LogP contribution in [0.1, 0.15) is 31.5 Å². The number of likely N-dealkylation sites (N-methyl/N-ethyl adjacent to an activating group) is 1. The Morgan fingerprint density at radius 3 is 2.83 bits per heavy atom. The molecule has 0 bridgehead atoms. The van der Waals surface area contributed by atoms with E-state index in [0.717, 1.165) is 30.5 Å². The van der Waals surface area contributed by atoms with Crippen LogP contribution in [0.3, 0.4) is 0 Å². The number of nitrogens with one attached hydrogen (secondary N) is 1. The van der Waals surface area contributed by atoms with Gasteiger partial charge in [-0.1, -0.05) is 0 Å². The Labute approximate surface area is 176 Å². The third-order valence-corrected chi connectivity index (χ3v) is 4.85. The van der Waals surface area contributed by atoms with E-state index in [1.54, 1.807) is 32.2 Å². The number of ether oxygens (including phenoxy) is 1. The molecule has 3 N–H and O–H groups in total. The highest BCUT2D eigenvalue weighted by molar-refractivity contribution is 5.82. The summed E-state index contributed by atoms with van der Waals surface area (Å²) in [4.78, 5) is 28.1. The second kappa shape index (κ2) is 9.36. The molecule has 2 aromatic rings. The van der Waals surface area contributed by atoms with Crippen molar-refractivity contribution < 1.29 is 19.7 Å². The Bertz CT molecular complexity index is 903. The van der Waals surface area contributed by atoms with Gasteiger partial charge in [0.15, 0.2) is 5.82 Å². The topological polar surface area (TPSA) is 121 Å². The maximum atomic E-state index is 12.4. The molecular weight excluding hydrogens is 386 g/mol. The van der Waals surface area contributed by atoms with Crippen molar-refractivity contribution in [3.63, 3.8) is 0 Å². The number of aryl methyl sites for hydroxylation is 1. The highest BCUT2D eigenvalue weighted by Gasteiger charge is 2.25. The van der Waals surface area contributed by atoms with Crippen LogP contribution in [-0.4, -0.2) is 70.0 Å². The monoisotopic (exact) mass is 415 g/mol. The van der Waals surface area contributed by atoms with Gasteiger partial charge >= 0.3 is 0 Å². The van der Waals surface area contributed by atoms with E-state index in [1.165, 1.54) is 0 Å². The molecule has 0 fully saturated rings. The zero-order valence-electron chi connectivity index (χ0n) is 17.7. The lowest BCUT2D eigenvalue weighted by Gasteiger charge is -2.26. The van der Waals surface area contributed by atoms with Crippen LogP contribution in [0, 0.1) is 0 Å². The number of rotatable bonds is 9. The van der Waals surface area contributed by atoms with E-state index < -0.39 is 5.54 Å². The summed E-state index contributed by atoms with van der Waals surface area (Å²) in [5, 5.41) is 21.2. The second-order valence-electron chi connectivity index (χ2n) is 8.04. The van der Waals surface area contributed by atoms with Gasteiger partial charge in [-0.2, -0.15) is 0 Å². The van der Waals surface area contributed by atoms with Gasteiger partial charge in [-0.3, -0.25) is 9.78 Å². The molecule has 3 rings (SSSR count). The molecule has 1 amide bonds. The number of aliphatic hydroxyl groups is 2. The van der Waals surface area contributed by atoms with E-state index in [0.29, 0.717) is 23.1 Å². The molecule has 0 radical (unpaired) electrons. The zero-order chi connectivity index (χ0) is 21.7. The second-order valence-corrected chi connectivity index (χ2v) is 8.04. The van der Waals surface area contributed by atoms with Crippen LogP contribution in [0.15, 0.2) is 18.3 Å². The lowest BCUT2D eigenvalue weighted by Crippen LogP contribution is -2.49. The summed E-state index contributed by atoms with van der Waals surface area (Å²) in [5.41, 5.74) is 1.92. The van der Waals surface area contributed by atoms with E-state index in [9.17, 15) is 9.90 Å². The fourth-order valence-corrected chi connectivity index (χ4v) is 3.38. The van der Waals surface area contributed by atoms with Gasteiger partial charge in [-0.05, 0) is 39.2 Å². The molecular formula is C21H29N5O4. The smallest absolute Gasteiger partial charge is 0.240 e. The molecule has 0 unspecified atom stereocenters. The Balaban J connectivity index is 1.87. The minimum absolute atomic E-state index is 0.0723. The normalized spacial score (nSPS) is 13.1. The lowest BCUT2D eigenvalue weighted by molar-refractivity contribution is -0.121. The molecule has 0 aliphatic heterocycles. The van der Waals surface area contributed by atoms with Crippen molar-refractivity contribution in [2.45, 2.75) is 38.6 Å². The third-order valence-electron chi connectivity index (χ3n) is 4.85. The first-order chi connectivity index (χ1) is 14.3. The summed E-state index contributed by atoms with van der Waals surface area (Å²) >= 11 is 0. The lowest BCUT2D eigenvalue weighted by atomic mass is 10.1. The number of hydrogen-bond donors (Lipinski definition) is 3. The van der Waals surface area contributed by atoms with Crippen LogP contribution in [0.2, 0.25) is 0 Å². The number of fused-ring (bicyclic) bond motifs is 1. The van der Waals surface area contributed by atoms with Crippen molar-refractivity contribution in [3.05, 3.63) is 29.6 Å². The Morgan fingerprint density at radius 2 is 2.10 bits per heavy atom.